The third kappa shape index (κ3) is 8.30. The molecule has 2 aliphatic heterocycles. The maximum absolute atomic E-state index is 13.8. The van der Waals surface area contributed by atoms with Gasteiger partial charge < -0.3 is 25.0 Å². The van der Waals surface area contributed by atoms with Crippen molar-refractivity contribution in [2.24, 2.45) is 0 Å². The highest BCUT2D eigenvalue weighted by Gasteiger charge is 2.40. The van der Waals surface area contributed by atoms with Crippen molar-refractivity contribution in [3.8, 4) is 0 Å². The molecule has 2 aromatic rings. The van der Waals surface area contributed by atoms with Gasteiger partial charge in [-0.3, -0.25) is 0 Å². The summed E-state index contributed by atoms with van der Waals surface area (Å²) in [6, 6.07) is 4.35. The van der Waals surface area contributed by atoms with Gasteiger partial charge in [0.25, 0.3) is 0 Å². The number of aryl methyl sites for hydroxylation is 1. The van der Waals surface area contributed by atoms with Crippen molar-refractivity contribution in [1.82, 2.24) is 19.6 Å². The molecule has 4 rings (SSSR count). The summed E-state index contributed by atoms with van der Waals surface area (Å²) in [5, 5.41) is 13.4. The number of nitrogens with zero attached hydrogens (tertiary/aromatic N) is 4. The number of hydrogen-bond acceptors (Lipinski definition) is 9. The average molecular weight is 643 g/mol. The highest BCUT2D eigenvalue weighted by molar-refractivity contribution is 7.89. The van der Waals surface area contributed by atoms with Gasteiger partial charge in [0, 0.05) is 43.6 Å². The summed E-state index contributed by atoms with van der Waals surface area (Å²) in [5.74, 6) is -0.429. The normalized spacial score (nSPS) is 21.2. The molecule has 2 aliphatic rings. The van der Waals surface area contributed by atoms with Crippen molar-refractivity contribution in [3.63, 3.8) is 0 Å². The van der Waals surface area contributed by atoms with E-state index in [0.29, 0.717) is 62.8 Å². The van der Waals surface area contributed by atoms with Crippen LogP contribution in [0.1, 0.15) is 71.4 Å². The van der Waals surface area contributed by atoms with E-state index < -0.39 is 44.6 Å². The summed E-state index contributed by atoms with van der Waals surface area (Å²) in [5.41, 5.74) is -2.66. The number of amides is 1. The van der Waals surface area contributed by atoms with Crippen LogP contribution in [0.4, 0.5) is 35.4 Å². The SMILES string of the molecule is Cc1cc(S(=O)(=O)NC2(C)CCN(C(=O)OC(C)(C)C)CC2)ccc1Nc1ncc(C(F)(F)F)c(N2CCC[C@](C)(O)C2)n1. The first-order chi connectivity index (χ1) is 20.2. The average Bonchev–Trinajstić information content (AvgIpc) is 2.87. The molecule has 1 atom stereocenters. The van der Waals surface area contributed by atoms with Crippen LogP contribution < -0.4 is 14.9 Å². The van der Waals surface area contributed by atoms with E-state index in [4.69, 9.17) is 4.74 Å². The molecule has 1 aromatic carbocycles. The van der Waals surface area contributed by atoms with Crippen LogP contribution in [0.15, 0.2) is 29.3 Å². The molecule has 1 amide bonds. The molecule has 0 bridgehead atoms. The Morgan fingerprint density at radius 3 is 2.32 bits per heavy atom. The van der Waals surface area contributed by atoms with E-state index in [9.17, 15) is 31.5 Å². The first-order valence-corrected chi connectivity index (χ1v) is 16.0. The molecular weight excluding hydrogens is 601 g/mol. The fourth-order valence-electron chi connectivity index (χ4n) is 5.33. The molecule has 0 saturated carbocycles. The topological polar surface area (TPSA) is 137 Å². The fraction of sp³-hybridized carbons (Fsp3) is 0.621. The quantitative estimate of drug-likeness (QED) is 0.399. The number of carbonyl (C=O) groups excluding carboxylic acids is 1. The van der Waals surface area contributed by atoms with Gasteiger partial charge in [-0.05, 0) is 91.0 Å². The summed E-state index contributed by atoms with van der Waals surface area (Å²) >= 11 is 0. The van der Waals surface area contributed by atoms with Gasteiger partial charge in [-0.2, -0.15) is 18.2 Å². The lowest BCUT2D eigenvalue weighted by atomic mass is 9.91. The van der Waals surface area contributed by atoms with Crippen LogP contribution in [0.25, 0.3) is 0 Å². The van der Waals surface area contributed by atoms with Crippen molar-refractivity contribution < 1.29 is 36.2 Å². The number of anilines is 3. The van der Waals surface area contributed by atoms with E-state index >= 15 is 0 Å². The third-order valence-corrected chi connectivity index (χ3v) is 9.34. The van der Waals surface area contributed by atoms with Gasteiger partial charge in [0.15, 0.2) is 0 Å². The molecule has 0 radical (unpaired) electrons. The Balaban J connectivity index is 1.48. The minimum atomic E-state index is -4.70. The van der Waals surface area contributed by atoms with Gasteiger partial charge in [0.2, 0.25) is 16.0 Å². The number of hydrogen-bond donors (Lipinski definition) is 3. The van der Waals surface area contributed by atoms with Crippen LogP contribution in [0.2, 0.25) is 0 Å². The fourth-order valence-corrected chi connectivity index (χ4v) is 6.88. The number of benzene rings is 1. The molecule has 244 valence electrons. The maximum atomic E-state index is 13.8. The largest absolute Gasteiger partial charge is 0.444 e. The molecule has 3 heterocycles. The molecule has 15 heteroatoms. The lowest BCUT2D eigenvalue weighted by Crippen LogP contribution is -2.54. The van der Waals surface area contributed by atoms with Crippen LogP contribution >= 0.6 is 0 Å². The summed E-state index contributed by atoms with van der Waals surface area (Å²) in [4.78, 5) is 23.4. The zero-order valence-electron chi connectivity index (χ0n) is 25.9. The van der Waals surface area contributed by atoms with Gasteiger partial charge in [-0.25, -0.2) is 22.9 Å². The Labute approximate surface area is 256 Å². The van der Waals surface area contributed by atoms with E-state index in [0.717, 1.165) is 0 Å². The second kappa shape index (κ2) is 12.0. The standard InChI is InChI=1S/C29H41F3N6O5S/c1-19-16-20(44(41,42)36-27(5)11-14-37(15-12-27)25(39)43-26(2,3)4)8-9-22(19)34-24-33-17-21(29(30,31)32)23(35-24)38-13-7-10-28(6,40)18-38/h8-9,16-17,36,40H,7,10-15,18H2,1-6H3,(H,33,34,35)/t28-/m0/s1. The number of rotatable bonds is 6. The maximum Gasteiger partial charge on any atom is 0.421 e. The Bertz CT molecular complexity index is 1490. The number of carbonyl (C=O) groups is 1. The van der Waals surface area contributed by atoms with Crippen LogP contribution in [0.5, 0.6) is 0 Å². The highest BCUT2D eigenvalue weighted by atomic mass is 32.2. The molecule has 2 saturated heterocycles. The highest BCUT2D eigenvalue weighted by Crippen LogP contribution is 2.38. The van der Waals surface area contributed by atoms with Crippen LogP contribution in [-0.4, -0.2) is 77.4 Å². The monoisotopic (exact) mass is 642 g/mol. The van der Waals surface area contributed by atoms with Crippen molar-refractivity contribution >= 4 is 33.6 Å². The number of alkyl halides is 3. The van der Waals surface area contributed by atoms with Crippen molar-refractivity contribution in [2.45, 2.75) is 95.0 Å². The van der Waals surface area contributed by atoms with Crippen molar-refractivity contribution in [1.29, 1.82) is 0 Å². The minimum absolute atomic E-state index is 0.0108. The van der Waals surface area contributed by atoms with E-state index in [2.05, 4.69) is 20.0 Å². The Hall–Kier alpha value is -3.17. The minimum Gasteiger partial charge on any atom is -0.444 e. The summed E-state index contributed by atoms with van der Waals surface area (Å²) in [6.45, 7) is 11.3. The first-order valence-electron chi connectivity index (χ1n) is 14.5. The molecule has 44 heavy (non-hydrogen) atoms. The molecule has 0 aliphatic carbocycles. The van der Waals surface area contributed by atoms with Gasteiger partial charge in [0.05, 0.1) is 10.5 Å². The van der Waals surface area contributed by atoms with Gasteiger partial charge in [-0.15, -0.1) is 0 Å². The summed E-state index contributed by atoms with van der Waals surface area (Å²) in [6.07, 6.45) is -2.67. The molecule has 3 N–H and O–H groups in total. The number of sulfonamides is 1. The molecular formula is C29H41F3N6O5S. The Morgan fingerprint density at radius 2 is 1.75 bits per heavy atom. The van der Waals surface area contributed by atoms with Gasteiger partial charge in [0.1, 0.15) is 17.0 Å². The van der Waals surface area contributed by atoms with E-state index in [-0.39, 0.29) is 23.2 Å². The lowest BCUT2D eigenvalue weighted by molar-refractivity contribution is -0.137. The number of nitrogens with one attached hydrogen (secondary N) is 2. The molecule has 11 nitrogen and oxygen atoms in total. The summed E-state index contributed by atoms with van der Waals surface area (Å²) in [7, 11) is -3.95. The molecule has 0 unspecified atom stereocenters. The zero-order valence-corrected chi connectivity index (χ0v) is 26.7. The predicted molar refractivity (Wildman–Crippen MR) is 159 cm³/mol. The summed E-state index contributed by atoms with van der Waals surface area (Å²) < 4.78 is 76.3. The number of likely N-dealkylation sites (tertiary alicyclic amines) is 1. The van der Waals surface area contributed by atoms with Crippen molar-refractivity contribution in [2.75, 3.05) is 36.4 Å². The first kappa shape index (κ1) is 33.7. The van der Waals surface area contributed by atoms with Crippen molar-refractivity contribution in [3.05, 3.63) is 35.5 Å². The zero-order chi connectivity index (χ0) is 32.7. The Morgan fingerprint density at radius 1 is 1.09 bits per heavy atom. The third-order valence-electron chi connectivity index (χ3n) is 7.70. The van der Waals surface area contributed by atoms with Gasteiger partial charge >= 0.3 is 12.3 Å². The predicted octanol–water partition coefficient (Wildman–Crippen LogP) is 4.97. The lowest BCUT2D eigenvalue weighted by Gasteiger charge is -2.39. The second-order valence-corrected chi connectivity index (χ2v) is 14.9. The number of piperidine rings is 2. The smallest absolute Gasteiger partial charge is 0.421 e. The molecule has 1 aromatic heterocycles. The number of ether oxygens (including phenoxy) is 1. The van der Waals surface area contributed by atoms with E-state index in [1.54, 1.807) is 46.4 Å². The molecule has 0 spiro atoms. The van der Waals surface area contributed by atoms with E-state index in [1.165, 1.54) is 23.1 Å². The number of aliphatic hydroxyl groups is 1. The molecule has 2 fully saturated rings. The Kier molecular flexibility index (Phi) is 9.17. The van der Waals surface area contributed by atoms with Crippen LogP contribution in [0, 0.1) is 6.92 Å². The second-order valence-electron chi connectivity index (χ2n) is 13.2. The number of aromatic nitrogens is 2. The van der Waals surface area contributed by atoms with Gasteiger partial charge in [-0.1, -0.05) is 0 Å². The van der Waals surface area contributed by atoms with Crippen LogP contribution in [-0.2, 0) is 20.9 Å². The number of β-amino-alcohol motifs (C(OH)–C–C–N with tert-alkyl or cyclic N) is 1. The number of halogens is 3. The van der Waals surface area contributed by atoms with Crippen LogP contribution in [0.3, 0.4) is 0 Å². The van der Waals surface area contributed by atoms with E-state index in [1.807, 2.05) is 0 Å².